The van der Waals surface area contributed by atoms with Crippen molar-refractivity contribution in [2.75, 3.05) is 33.8 Å². The van der Waals surface area contributed by atoms with Crippen LogP contribution in [0.5, 0.6) is 23.1 Å². The van der Waals surface area contributed by atoms with Gasteiger partial charge < -0.3 is 24.3 Å². The number of thiophene rings is 1. The lowest BCUT2D eigenvalue weighted by molar-refractivity contribution is 0.324. The Bertz CT molecular complexity index is 1440. The maximum Gasteiger partial charge on any atom is 0.212 e. The van der Waals surface area contributed by atoms with Crippen molar-refractivity contribution in [3.05, 3.63) is 53.6 Å². The molecule has 10 nitrogen and oxygen atoms in total. The fourth-order valence-electron chi connectivity index (χ4n) is 3.62. The van der Waals surface area contributed by atoms with Crippen molar-refractivity contribution in [3.63, 3.8) is 0 Å². The van der Waals surface area contributed by atoms with Gasteiger partial charge in [-0.05, 0) is 17.5 Å². The normalized spacial score (nSPS) is 10.9. The molecule has 5 aromatic rings. The van der Waals surface area contributed by atoms with E-state index in [1.807, 2.05) is 27.5 Å². The number of ether oxygens (including phenoxy) is 4. The molecule has 0 aliphatic heterocycles. The number of anilines is 2. The van der Waals surface area contributed by atoms with E-state index < -0.39 is 0 Å². The summed E-state index contributed by atoms with van der Waals surface area (Å²) >= 11 is 1.60. The molecule has 4 aromatic heterocycles. The molecule has 0 bridgehead atoms. The van der Waals surface area contributed by atoms with Gasteiger partial charge in [0.1, 0.15) is 6.33 Å². The van der Waals surface area contributed by atoms with E-state index in [1.165, 1.54) is 0 Å². The number of nitrogens with one attached hydrogen (secondary N) is 1. The predicted molar refractivity (Wildman–Crippen MR) is 134 cm³/mol. The number of rotatable bonds is 8. The molecule has 0 aliphatic rings. The van der Waals surface area contributed by atoms with Crippen LogP contribution in [0.2, 0.25) is 0 Å². The highest BCUT2D eigenvalue weighted by molar-refractivity contribution is 7.08. The van der Waals surface area contributed by atoms with E-state index in [0.29, 0.717) is 51.6 Å². The number of hydrogen-bond acceptors (Lipinski definition) is 10. The third kappa shape index (κ3) is 4.17. The van der Waals surface area contributed by atoms with Crippen molar-refractivity contribution < 1.29 is 18.9 Å². The molecule has 0 fully saturated rings. The molecule has 0 saturated heterocycles. The first-order valence-corrected chi connectivity index (χ1v) is 11.4. The van der Waals surface area contributed by atoms with Crippen molar-refractivity contribution in [2.24, 2.45) is 0 Å². The first-order chi connectivity index (χ1) is 17.1. The number of imidazole rings is 1. The molecular weight excluding hydrogens is 468 g/mol. The van der Waals surface area contributed by atoms with Gasteiger partial charge in [-0.2, -0.15) is 11.3 Å². The van der Waals surface area contributed by atoms with E-state index >= 15 is 0 Å². The zero-order valence-corrected chi connectivity index (χ0v) is 20.3. The summed E-state index contributed by atoms with van der Waals surface area (Å²) in [5.74, 6) is 3.05. The Morgan fingerprint density at radius 1 is 0.886 bits per heavy atom. The summed E-state index contributed by atoms with van der Waals surface area (Å²) in [6.45, 7) is 0. The molecule has 35 heavy (non-hydrogen) atoms. The molecule has 4 heterocycles. The van der Waals surface area contributed by atoms with Gasteiger partial charge in [-0.3, -0.25) is 4.57 Å². The molecule has 5 rings (SSSR count). The third-order valence-corrected chi connectivity index (χ3v) is 5.98. The molecule has 0 aliphatic carbocycles. The maximum atomic E-state index is 5.50. The molecule has 11 heteroatoms. The number of nitrogens with zero attached hydrogens (tertiary/aromatic N) is 5. The number of benzene rings is 1. The van der Waals surface area contributed by atoms with Crippen molar-refractivity contribution in [1.82, 2.24) is 24.5 Å². The van der Waals surface area contributed by atoms with Gasteiger partial charge in [0, 0.05) is 41.0 Å². The average Bonchev–Trinajstić information content (AvgIpc) is 3.58. The second-order valence-corrected chi connectivity index (χ2v) is 8.07. The summed E-state index contributed by atoms with van der Waals surface area (Å²) in [5.41, 5.74) is 3.64. The van der Waals surface area contributed by atoms with Crippen molar-refractivity contribution >= 4 is 34.0 Å². The molecule has 1 N–H and O–H groups in total. The Hall–Kier alpha value is -4.38. The zero-order valence-electron chi connectivity index (χ0n) is 19.5. The van der Waals surface area contributed by atoms with Gasteiger partial charge in [0.25, 0.3) is 0 Å². The summed E-state index contributed by atoms with van der Waals surface area (Å²) in [7, 11) is 6.28. The van der Waals surface area contributed by atoms with E-state index in [-0.39, 0.29) is 0 Å². The maximum absolute atomic E-state index is 5.50. The lowest BCUT2D eigenvalue weighted by Gasteiger charge is -2.15. The molecule has 0 saturated carbocycles. The van der Waals surface area contributed by atoms with E-state index in [2.05, 4.69) is 15.3 Å². The number of methoxy groups -OCH3 is 4. The molecule has 0 radical (unpaired) electrons. The summed E-state index contributed by atoms with van der Waals surface area (Å²) in [5, 5.41) is 7.39. The van der Waals surface area contributed by atoms with Crippen LogP contribution < -0.4 is 24.3 Å². The van der Waals surface area contributed by atoms with Crippen molar-refractivity contribution in [1.29, 1.82) is 0 Å². The van der Waals surface area contributed by atoms with Crippen LogP contribution >= 0.6 is 11.3 Å². The largest absolute Gasteiger partial charge is 0.493 e. The van der Waals surface area contributed by atoms with Crippen LogP contribution in [0.3, 0.4) is 0 Å². The molecule has 1 aromatic carbocycles. The van der Waals surface area contributed by atoms with Crippen molar-refractivity contribution in [2.45, 2.75) is 0 Å². The Morgan fingerprint density at radius 3 is 2.29 bits per heavy atom. The van der Waals surface area contributed by atoms with Crippen LogP contribution in [-0.2, 0) is 0 Å². The summed E-state index contributed by atoms with van der Waals surface area (Å²) in [6.07, 6.45) is 3.41. The van der Waals surface area contributed by atoms with E-state index in [0.717, 1.165) is 11.3 Å². The highest BCUT2D eigenvalue weighted by atomic mass is 32.1. The molecule has 0 unspecified atom stereocenters. The lowest BCUT2D eigenvalue weighted by Crippen LogP contribution is -2.03. The fourth-order valence-corrected chi connectivity index (χ4v) is 4.25. The first kappa shape index (κ1) is 22.4. The quantitative estimate of drug-likeness (QED) is 0.331. The summed E-state index contributed by atoms with van der Waals surface area (Å²) < 4.78 is 23.5. The van der Waals surface area contributed by atoms with Crippen LogP contribution in [0.25, 0.3) is 28.2 Å². The molecule has 0 amide bonds. The Balaban J connectivity index is 1.67. The van der Waals surface area contributed by atoms with E-state index in [9.17, 15) is 0 Å². The van der Waals surface area contributed by atoms with Crippen LogP contribution in [0, 0.1) is 0 Å². The topological polar surface area (TPSA) is 105 Å². The van der Waals surface area contributed by atoms with Gasteiger partial charge in [-0.25, -0.2) is 19.9 Å². The molecule has 178 valence electrons. The van der Waals surface area contributed by atoms with Crippen molar-refractivity contribution in [3.8, 4) is 40.2 Å². The molecule has 0 spiro atoms. The van der Waals surface area contributed by atoms with Gasteiger partial charge >= 0.3 is 0 Å². The minimum absolute atomic E-state index is 0.486. The number of hydrogen-bond donors (Lipinski definition) is 1. The molecular formula is C24H22N6O4S. The van der Waals surface area contributed by atoms with Gasteiger partial charge in [0.15, 0.2) is 34.3 Å². The summed E-state index contributed by atoms with van der Waals surface area (Å²) in [6, 6.07) is 9.25. The van der Waals surface area contributed by atoms with Crippen LogP contribution in [-0.4, -0.2) is 52.9 Å². The number of fused-ring (bicyclic) bond motifs is 1. The highest BCUT2D eigenvalue weighted by Gasteiger charge is 2.18. The number of aromatic nitrogens is 5. The second-order valence-electron chi connectivity index (χ2n) is 7.29. The lowest BCUT2D eigenvalue weighted by atomic mass is 10.2. The highest BCUT2D eigenvalue weighted by Crippen LogP contribution is 2.41. The average molecular weight is 491 g/mol. The second kappa shape index (κ2) is 9.47. The van der Waals surface area contributed by atoms with Crippen LogP contribution in [0.1, 0.15) is 0 Å². The Morgan fingerprint density at radius 2 is 1.69 bits per heavy atom. The van der Waals surface area contributed by atoms with Gasteiger partial charge in [0.2, 0.25) is 11.6 Å². The summed E-state index contributed by atoms with van der Waals surface area (Å²) in [4.78, 5) is 18.5. The standard InChI is InChI=1S/C24H22N6O4S/c1-31-17-9-15(10-18(32-2)21(17)34-4)27-23-20-24(30(13-26-20)16-7-8-35-12-16)29-22(28-23)14-5-6-19(33-3)25-11-14/h5-13H,1-4H3,(H,27,28,29). The van der Waals surface area contributed by atoms with Crippen LogP contribution in [0.4, 0.5) is 11.5 Å². The van der Waals surface area contributed by atoms with E-state index in [4.69, 9.17) is 28.9 Å². The fraction of sp³-hybridized carbons (Fsp3) is 0.167. The van der Waals surface area contributed by atoms with E-state index in [1.54, 1.807) is 70.5 Å². The monoisotopic (exact) mass is 490 g/mol. The predicted octanol–water partition coefficient (Wildman–Crippen LogP) is 4.72. The zero-order chi connectivity index (χ0) is 24.4. The van der Waals surface area contributed by atoms with Gasteiger partial charge in [-0.1, -0.05) is 0 Å². The minimum atomic E-state index is 0.486. The van der Waals surface area contributed by atoms with Crippen LogP contribution in [0.15, 0.2) is 53.6 Å². The SMILES string of the molecule is COc1ccc(-c2nc(Nc3cc(OC)c(OC)c(OC)c3)c3ncn(-c4ccsc4)c3n2)cn1. The Kier molecular flexibility index (Phi) is 6.06. The smallest absolute Gasteiger partial charge is 0.212 e. The first-order valence-electron chi connectivity index (χ1n) is 10.5. The van der Waals surface area contributed by atoms with Gasteiger partial charge in [-0.15, -0.1) is 0 Å². The third-order valence-electron chi connectivity index (χ3n) is 5.31. The minimum Gasteiger partial charge on any atom is -0.493 e. The Labute approximate surface area is 205 Å². The van der Waals surface area contributed by atoms with Gasteiger partial charge in [0.05, 0.1) is 34.1 Å². The molecule has 0 atom stereocenters. The number of pyridine rings is 1.